The van der Waals surface area contributed by atoms with Gasteiger partial charge in [0, 0.05) is 37.6 Å². The molecular formula is C24H27FN6O2. The van der Waals surface area contributed by atoms with E-state index in [-0.39, 0.29) is 17.3 Å². The van der Waals surface area contributed by atoms with Crippen molar-refractivity contribution in [2.75, 3.05) is 41.3 Å². The molecule has 9 heteroatoms. The van der Waals surface area contributed by atoms with E-state index in [4.69, 9.17) is 0 Å². The predicted octanol–water partition coefficient (Wildman–Crippen LogP) is 4.94. The van der Waals surface area contributed by atoms with E-state index in [0.717, 1.165) is 30.6 Å². The van der Waals surface area contributed by atoms with Crippen molar-refractivity contribution < 1.29 is 9.31 Å². The molecule has 0 aliphatic carbocycles. The van der Waals surface area contributed by atoms with Gasteiger partial charge in [-0.25, -0.2) is 14.4 Å². The number of hydrogen-bond acceptors (Lipinski definition) is 7. The van der Waals surface area contributed by atoms with Gasteiger partial charge in [-0.2, -0.15) is 0 Å². The van der Waals surface area contributed by atoms with Crippen molar-refractivity contribution >= 4 is 28.7 Å². The zero-order valence-corrected chi connectivity index (χ0v) is 18.6. The number of benzene rings is 2. The van der Waals surface area contributed by atoms with Gasteiger partial charge in [0.25, 0.3) is 0 Å². The summed E-state index contributed by atoms with van der Waals surface area (Å²) >= 11 is 0. The third kappa shape index (κ3) is 5.36. The van der Waals surface area contributed by atoms with E-state index in [9.17, 15) is 14.5 Å². The first kappa shape index (κ1) is 22.4. The molecule has 0 atom stereocenters. The molecule has 0 spiro atoms. The number of piperazine rings is 1. The number of aryl methyl sites for hydroxylation is 1. The number of anilines is 4. The Bertz CT molecular complexity index is 1080. The molecule has 2 heterocycles. The second-order valence-corrected chi connectivity index (χ2v) is 8.03. The number of halogens is 1. The predicted molar refractivity (Wildman–Crippen MR) is 128 cm³/mol. The van der Waals surface area contributed by atoms with Crippen LogP contribution in [-0.2, 0) is 6.42 Å². The first-order valence-corrected chi connectivity index (χ1v) is 11.2. The van der Waals surface area contributed by atoms with Gasteiger partial charge in [-0.05, 0) is 54.8 Å². The Hall–Kier alpha value is -3.75. The maximum Gasteiger partial charge on any atom is 0.353 e. The molecule has 0 amide bonds. The van der Waals surface area contributed by atoms with Crippen LogP contribution in [0.15, 0.2) is 54.9 Å². The van der Waals surface area contributed by atoms with Crippen molar-refractivity contribution in [2.45, 2.75) is 26.2 Å². The van der Waals surface area contributed by atoms with Crippen molar-refractivity contribution in [3.8, 4) is 0 Å². The fraction of sp³-hybridized carbons (Fsp3) is 0.333. The Labute approximate surface area is 192 Å². The van der Waals surface area contributed by atoms with Crippen LogP contribution in [0.3, 0.4) is 0 Å². The van der Waals surface area contributed by atoms with Gasteiger partial charge < -0.3 is 15.1 Å². The molecule has 172 valence electrons. The van der Waals surface area contributed by atoms with Crippen LogP contribution < -0.4 is 15.1 Å². The zero-order valence-electron chi connectivity index (χ0n) is 18.6. The van der Waals surface area contributed by atoms with Gasteiger partial charge in [0.05, 0.1) is 4.92 Å². The van der Waals surface area contributed by atoms with Gasteiger partial charge in [-0.3, -0.25) is 10.1 Å². The van der Waals surface area contributed by atoms with Crippen LogP contribution in [0.25, 0.3) is 0 Å². The quantitative estimate of drug-likeness (QED) is 0.384. The second-order valence-electron chi connectivity index (χ2n) is 8.03. The van der Waals surface area contributed by atoms with Gasteiger partial charge in [0.2, 0.25) is 11.6 Å². The first-order chi connectivity index (χ1) is 16.0. The highest BCUT2D eigenvalue weighted by Gasteiger charge is 2.29. The monoisotopic (exact) mass is 450 g/mol. The minimum atomic E-state index is -0.431. The Balaban J connectivity index is 1.50. The third-order valence-corrected chi connectivity index (χ3v) is 5.79. The molecule has 33 heavy (non-hydrogen) atoms. The second kappa shape index (κ2) is 10.2. The molecular weight excluding hydrogens is 423 g/mol. The molecule has 0 radical (unpaired) electrons. The number of rotatable bonds is 8. The number of unbranched alkanes of at least 4 members (excludes halogenated alkanes) is 1. The van der Waals surface area contributed by atoms with Crippen molar-refractivity contribution in [3.05, 3.63) is 76.4 Å². The Morgan fingerprint density at radius 1 is 1.00 bits per heavy atom. The first-order valence-electron chi connectivity index (χ1n) is 11.2. The summed E-state index contributed by atoms with van der Waals surface area (Å²) < 4.78 is 13.2. The Morgan fingerprint density at radius 2 is 1.67 bits per heavy atom. The van der Waals surface area contributed by atoms with E-state index >= 15 is 0 Å². The van der Waals surface area contributed by atoms with E-state index in [1.54, 1.807) is 12.1 Å². The van der Waals surface area contributed by atoms with Crippen LogP contribution >= 0.6 is 0 Å². The molecule has 0 saturated carbocycles. The highest BCUT2D eigenvalue weighted by Crippen LogP contribution is 2.34. The van der Waals surface area contributed by atoms with Gasteiger partial charge in [0.15, 0.2) is 0 Å². The van der Waals surface area contributed by atoms with E-state index in [0.29, 0.717) is 32.0 Å². The standard InChI is InChI=1S/C24H27FN6O2/c1-2-3-4-18-5-9-20(10-6-18)28-23-22(31(32)33)24(27-17-26-23)30-15-13-29(14-16-30)21-11-7-19(25)8-12-21/h5-12,17H,2-4,13-16H2,1H3,(H,26,27,28). The highest BCUT2D eigenvalue weighted by atomic mass is 19.1. The molecule has 1 saturated heterocycles. The Kier molecular flexibility index (Phi) is 6.97. The van der Waals surface area contributed by atoms with Crippen LogP contribution in [-0.4, -0.2) is 41.1 Å². The molecule has 4 rings (SSSR count). The van der Waals surface area contributed by atoms with Crippen LogP contribution in [0.1, 0.15) is 25.3 Å². The summed E-state index contributed by atoms with van der Waals surface area (Å²) in [5.74, 6) is 0.202. The summed E-state index contributed by atoms with van der Waals surface area (Å²) in [6.07, 6.45) is 4.63. The van der Waals surface area contributed by atoms with Gasteiger partial charge in [0.1, 0.15) is 12.1 Å². The molecule has 1 aromatic heterocycles. The summed E-state index contributed by atoms with van der Waals surface area (Å²) in [5.41, 5.74) is 2.77. The van der Waals surface area contributed by atoms with Crippen molar-refractivity contribution in [2.24, 2.45) is 0 Å². The number of nitrogens with one attached hydrogen (secondary N) is 1. The largest absolute Gasteiger partial charge is 0.368 e. The van der Waals surface area contributed by atoms with Crippen LogP contribution in [0.2, 0.25) is 0 Å². The summed E-state index contributed by atoms with van der Waals surface area (Å²) in [5, 5.41) is 15.1. The van der Waals surface area contributed by atoms with E-state index in [1.807, 2.05) is 29.2 Å². The lowest BCUT2D eigenvalue weighted by molar-refractivity contribution is -0.383. The normalized spacial score (nSPS) is 13.8. The average molecular weight is 451 g/mol. The van der Waals surface area contributed by atoms with Gasteiger partial charge >= 0.3 is 5.69 Å². The molecule has 2 aromatic carbocycles. The number of nitrogens with zero attached hydrogens (tertiary/aromatic N) is 5. The van der Waals surface area contributed by atoms with Crippen LogP contribution in [0.4, 0.5) is 33.1 Å². The number of aromatic nitrogens is 2. The lowest BCUT2D eigenvalue weighted by Crippen LogP contribution is -2.47. The fourth-order valence-electron chi connectivity index (χ4n) is 3.96. The SMILES string of the molecule is CCCCc1ccc(Nc2ncnc(N3CCN(c4ccc(F)cc4)CC3)c2[N+](=O)[O-])cc1. The Morgan fingerprint density at radius 3 is 2.30 bits per heavy atom. The summed E-state index contributed by atoms with van der Waals surface area (Å²) in [7, 11) is 0. The van der Waals surface area contributed by atoms with Crippen LogP contribution in [0, 0.1) is 15.9 Å². The average Bonchev–Trinajstić information content (AvgIpc) is 2.84. The lowest BCUT2D eigenvalue weighted by atomic mass is 10.1. The molecule has 1 aliphatic rings. The molecule has 8 nitrogen and oxygen atoms in total. The minimum Gasteiger partial charge on any atom is -0.368 e. The summed E-state index contributed by atoms with van der Waals surface area (Å²) in [6.45, 7) is 4.57. The van der Waals surface area contributed by atoms with E-state index in [2.05, 4.69) is 27.1 Å². The smallest absolute Gasteiger partial charge is 0.353 e. The maximum absolute atomic E-state index is 13.2. The van der Waals surface area contributed by atoms with Crippen molar-refractivity contribution in [1.82, 2.24) is 9.97 Å². The molecule has 0 unspecified atom stereocenters. The van der Waals surface area contributed by atoms with Crippen molar-refractivity contribution in [3.63, 3.8) is 0 Å². The minimum absolute atomic E-state index is 0.136. The molecule has 1 aliphatic heterocycles. The zero-order chi connectivity index (χ0) is 23.2. The van der Waals surface area contributed by atoms with Gasteiger partial charge in [-0.1, -0.05) is 25.5 Å². The van der Waals surface area contributed by atoms with E-state index in [1.165, 1.54) is 24.0 Å². The summed E-state index contributed by atoms with van der Waals surface area (Å²) in [4.78, 5) is 24.0. The third-order valence-electron chi connectivity index (χ3n) is 5.79. The molecule has 1 fully saturated rings. The fourth-order valence-corrected chi connectivity index (χ4v) is 3.96. The lowest BCUT2D eigenvalue weighted by Gasteiger charge is -2.36. The van der Waals surface area contributed by atoms with Crippen molar-refractivity contribution in [1.29, 1.82) is 0 Å². The van der Waals surface area contributed by atoms with E-state index < -0.39 is 4.92 Å². The van der Waals surface area contributed by atoms with Gasteiger partial charge in [-0.15, -0.1) is 0 Å². The summed E-state index contributed by atoms with van der Waals surface area (Å²) in [6, 6.07) is 14.2. The number of hydrogen-bond donors (Lipinski definition) is 1. The molecule has 1 N–H and O–H groups in total. The maximum atomic E-state index is 13.2. The topological polar surface area (TPSA) is 87.4 Å². The van der Waals surface area contributed by atoms with Crippen LogP contribution in [0.5, 0.6) is 0 Å². The number of nitro groups is 1. The highest BCUT2D eigenvalue weighted by molar-refractivity contribution is 5.74. The molecule has 0 bridgehead atoms. The molecule has 3 aromatic rings.